The molecule has 1 atom stereocenters. The molecular weight excluding hydrogens is 379 g/mol. The molecule has 10 heteroatoms. The normalized spacial score (nSPS) is 16.7. The van der Waals surface area contributed by atoms with E-state index in [0.717, 1.165) is 5.56 Å². The van der Waals surface area contributed by atoms with Gasteiger partial charge in [-0.05, 0) is 35.5 Å². The first-order chi connectivity index (χ1) is 13.8. The van der Waals surface area contributed by atoms with E-state index < -0.39 is 31.1 Å². The number of fused-ring (bicyclic) bond motifs is 1. The molecule has 1 fully saturated rings. The smallest absolute Gasteiger partial charge is 0.462 e. The molecule has 2 heterocycles. The quantitative estimate of drug-likeness (QED) is 0.484. The van der Waals surface area contributed by atoms with Gasteiger partial charge in [0.1, 0.15) is 19.3 Å². The minimum absolute atomic E-state index is 0.0222. The number of cyclic esters (lactones) is 1. The fraction of sp³-hybridized carbons (Fsp3) is 0.526. The van der Waals surface area contributed by atoms with Crippen molar-refractivity contribution < 1.29 is 33.5 Å². The van der Waals surface area contributed by atoms with Crippen molar-refractivity contribution in [1.82, 2.24) is 10.2 Å². The van der Waals surface area contributed by atoms with Gasteiger partial charge in [0.2, 0.25) is 0 Å². The molecule has 29 heavy (non-hydrogen) atoms. The molecule has 156 valence electrons. The molecule has 0 spiro atoms. The number of carbonyl (C=O) groups is 3. The number of nitrogens with one attached hydrogen (secondary N) is 1. The van der Waals surface area contributed by atoms with Gasteiger partial charge in [-0.25, -0.2) is 9.59 Å². The van der Waals surface area contributed by atoms with Crippen molar-refractivity contribution in [1.29, 1.82) is 0 Å². The molecule has 0 aromatic heterocycles. The summed E-state index contributed by atoms with van der Waals surface area (Å²) in [5, 5.41) is 12.7. The van der Waals surface area contributed by atoms with Crippen LogP contribution in [0, 0.1) is 12.8 Å². The Morgan fingerprint density at radius 1 is 1.38 bits per heavy atom. The van der Waals surface area contributed by atoms with Crippen molar-refractivity contribution in [3.63, 3.8) is 0 Å². The number of rotatable bonds is 7. The van der Waals surface area contributed by atoms with E-state index in [4.69, 9.17) is 14.1 Å². The third-order valence-corrected chi connectivity index (χ3v) is 5.15. The molecule has 2 amide bonds. The summed E-state index contributed by atoms with van der Waals surface area (Å²) in [5.41, 5.74) is 2.42. The maximum atomic E-state index is 12.8. The van der Waals surface area contributed by atoms with Gasteiger partial charge in [-0.1, -0.05) is 19.9 Å². The Hall–Kier alpha value is -2.59. The maximum absolute atomic E-state index is 12.8. The molecule has 0 radical (unpaired) electrons. The van der Waals surface area contributed by atoms with Crippen LogP contribution >= 0.6 is 0 Å². The molecule has 1 saturated heterocycles. The van der Waals surface area contributed by atoms with Crippen molar-refractivity contribution in [3.05, 3.63) is 28.8 Å². The third-order valence-electron chi connectivity index (χ3n) is 5.15. The van der Waals surface area contributed by atoms with E-state index in [2.05, 4.69) is 5.32 Å². The Labute approximate surface area is 169 Å². The zero-order valence-electron chi connectivity index (χ0n) is 16.8. The van der Waals surface area contributed by atoms with Crippen molar-refractivity contribution in [2.24, 2.45) is 5.92 Å². The Morgan fingerprint density at radius 2 is 2.14 bits per heavy atom. The summed E-state index contributed by atoms with van der Waals surface area (Å²) in [6.45, 7) is 6.70. The highest BCUT2D eigenvalue weighted by atomic mass is 16.6. The maximum Gasteiger partial charge on any atom is 0.492 e. The van der Waals surface area contributed by atoms with Crippen molar-refractivity contribution in [3.8, 4) is 0 Å². The molecular formula is C19H25BN2O7. The van der Waals surface area contributed by atoms with Crippen LogP contribution in [0.15, 0.2) is 12.1 Å². The summed E-state index contributed by atoms with van der Waals surface area (Å²) >= 11 is 0. The standard InChI is InChI=1S/C19H25BN2O7/c1-11(2)16(18(24)27-8-6-22-7-9-28-19(22)25)21-17(23)14-5-4-13-10-29-20(26)15(13)12(14)3/h4-5,11,16,26H,6-10H2,1-3H3,(H,21,23)/t16-/m0/s1. The summed E-state index contributed by atoms with van der Waals surface area (Å²) < 4.78 is 15.3. The highest BCUT2D eigenvalue weighted by Crippen LogP contribution is 2.17. The van der Waals surface area contributed by atoms with Crippen LogP contribution in [-0.4, -0.2) is 67.4 Å². The van der Waals surface area contributed by atoms with Gasteiger partial charge >= 0.3 is 19.2 Å². The van der Waals surface area contributed by atoms with Gasteiger partial charge in [0.15, 0.2) is 0 Å². The minimum Gasteiger partial charge on any atom is -0.462 e. The van der Waals surface area contributed by atoms with E-state index in [1.165, 1.54) is 4.90 Å². The van der Waals surface area contributed by atoms with Crippen molar-refractivity contribution >= 4 is 30.6 Å². The number of hydrogen-bond acceptors (Lipinski definition) is 7. The van der Waals surface area contributed by atoms with Gasteiger partial charge in [-0.15, -0.1) is 0 Å². The van der Waals surface area contributed by atoms with Crippen molar-refractivity contribution in [2.45, 2.75) is 33.4 Å². The number of hydrogen-bond donors (Lipinski definition) is 2. The van der Waals surface area contributed by atoms with Crippen LogP contribution in [0.4, 0.5) is 4.79 Å². The Balaban J connectivity index is 1.62. The fourth-order valence-corrected chi connectivity index (χ4v) is 3.44. The van der Waals surface area contributed by atoms with Crippen LogP contribution in [0.1, 0.15) is 35.3 Å². The van der Waals surface area contributed by atoms with E-state index in [0.29, 0.717) is 36.3 Å². The summed E-state index contributed by atoms with van der Waals surface area (Å²) in [4.78, 5) is 38.2. The zero-order valence-corrected chi connectivity index (χ0v) is 16.8. The van der Waals surface area contributed by atoms with E-state index in [1.54, 1.807) is 32.9 Å². The van der Waals surface area contributed by atoms with Crippen LogP contribution in [0.25, 0.3) is 0 Å². The first kappa shape index (κ1) is 21.1. The number of amides is 2. The molecule has 9 nitrogen and oxygen atoms in total. The number of benzene rings is 1. The number of nitrogens with zero attached hydrogens (tertiary/aromatic N) is 1. The lowest BCUT2D eigenvalue weighted by atomic mass is 9.75. The Morgan fingerprint density at radius 3 is 2.79 bits per heavy atom. The van der Waals surface area contributed by atoms with Crippen LogP contribution < -0.4 is 10.8 Å². The summed E-state index contributed by atoms with van der Waals surface area (Å²) in [6, 6.07) is 2.56. The predicted octanol–water partition coefficient (Wildman–Crippen LogP) is -0.0375. The van der Waals surface area contributed by atoms with E-state index in [9.17, 15) is 19.4 Å². The lowest BCUT2D eigenvalue weighted by Crippen LogP contribution is -2.46. The molecule has 3 rings (SSSR count). The number of carbonyl (C=O) groups excluding carboxylic acids is 3. The lowest BCUT2D eigenvalue weighted by Gasteiger charge is -2.22. The molecule has 1 aromatic rings. The fourth-order valence-electron chi connectivity index (χ4n) is 3.44. The van der Waals surface area contributed by atoms with Crippen LogP contribution in [-0.2, 0) is 25.5 Å². The van der Waals surface area contributed by atoms with Crippen LogP contribution in [0.2, 0.25) is 0 Å². The molecule has 1 aromatic carbocycles. The lowest BCUT2D eigenvalue weighted by molar-refractivity contribution is -0.147. The van der Waals surface area contributed by atoms with Gasteiger partial charge in [0.05, 0.1) is 19.7 Å². The summed E-state index contributed by atoms with van der Waals surface area (Å²) in [5.74, 6) is -1.20. The third kappa shape index (κ3) is 4.54. The molecule has 2 aliphatic rings. The first-order valence-corrected chi connectivity index (χ1v) is 9.60. The SMILES string of the molecule is Cc1c(C(=O)N[C@H](C(=O)OCCN2CCOC2=O)C(C)C)ccc2c1B(O)OC2. The Bertz CT molecular complexity index is 814. The van der Waals surface area contributed by atoms with Gasteiger partial charge in [-0.2, -0.15) is 0 Å². The van der Waals surface area contributed by atoms with E-state index >= 15 is 0 Å². The molecule has 0 aliphatic carbocycles. The van der Waals surface area contributed by atoms with Gasteiger partial charge in [0, 0.05) is 5.56 Å². The highest BCUT2D eigenvalue weighted by molar-refractivity contribution is 6.62. The molecule has 0 bridgehead atoms. The van der Waals surface area contributed by atoms with Crippen molar-refractivity contribution in [2.75, 3.05) is 26.3 Å². The molecule has 2 aliphatic heterocycles. The molecule has 2 N–H and O–H groups in total. The highest BCUT2D eigenvalue weighted by Gasteiger charge is 2.32. The van der Waals surface area contributed by atoms with Gasteiger partial charge in [0.25, 0.3) is 5.91 Å². The average molecular weight is 404 g/mol. The second-order valence-corrected chi connectivity index (χ2v) is 7.44. The van der Waals surface area contributed by atoms with E-state index in [-0.39, 0.29) is 19.1 Å². The van der Waals surface area contributed by atoms with Crippen LogP contribution in [0.3, 0.4) is 0 Å². The number of ether oxygens (including phenoxy) is 2. The second-order valence-electron chi connectivity index (χ2n) is 7.44. The monoisotopic (exact) mass is 404 g/mol. The zero-order chi connectivity index (χ0) is 21.1. The first-order valence-electron chi connectivity index (χ1n) is 9.60. The topological polar surface area (TPSA) is 114 Å². The van der Waals surface area contributed by atoms with E-state index in [1.807, 2.05) is 0 Å². The summed E-state index contributed by atoms with van der Waals surface area (Å²) in [6.07, 6.45) is -0.423. The van der Waals surface area contributed by atoms with Gasteiger partial charge in [-0.3, -0.25) is 4.79 Å². The minimum atomic E-state index is -1.05. The molecule has 0 unspecified atom stereocenters. The summed E-state index contributed by atoms with van der Waals surface area (Å²) in [7, 11) is -1.05. The largest absolute Gasteiger partial charge is 0.492 e. The Kier molecular flexibility index (Phi) is 6.44. The van der Waals surface area contributed by atoms with Crippen LogP contribution in [0.5, 0.6) is 0 Å². The second kappa shape index (κ2) is 8.83. The average Bonchev–Trinajstić information content (AvgIpc) is 3.25. The number of esters is 1. The molecule has 0 saturated carbocycles. The predicted molar refractivity (Wildman–Crippen MR) is 104 cm³/mol. The van der Waals surface area contributed by atoms with Gasteiger partial charge < -0.3 is 29.4 Å².